The SMILES string of the molecule is Cc1ccc(C)c(NC(=O)[C@@H](Sc2cccc[n+]2[O-])c2ccccc2)c1. The van der Waals surface area contributed by atoms with Gasteiger partial charge in [0.2, 0.25) is 5.91 Å². The van der Waals surface area contributed by atoms with Crippen LogP contribution >= 0.6 is 11.8 Å². The van der Waals surface area contributed by atoms with Crippen LogP contribution in [0.5, 0.6) is 0 Å². The fraction of sp³-hybridized carbons (Fsp3) is 0.143. The zero-order valence-electron chi connectivity index (χ0n) is 14.7. The molecule has 0 fully saturated rings. The van der Waals surface area contributed by atoms with Crippen LogP contribution in [0.4, 0.5) is 5.69 Å². The van der Waals surface area contributed by atoms with E-state index >= 15 is 0 Å². The Morgan fingerprint density at radius 1 is 1.04 bits per heavy atom. The van der Waals surface area contributed by atoms with E-state index in [1.807, 2.05) is 62.4 Å². The van der Waals surface area contributed by atoms with Crippen molar-refractivity contribution in [3.63, 3.8) is 0 Å². The van der Waals surface area contributed by atoms with Gasteiger partial charge in [-0.2, -0.15) is 4.73 Å². The molecule has 0 radical (unpaired) electrons. The van der Waals surface area contributed by atoms with Crippen molar-refractivity contribution in [2.75, 3.05) is 5.32 Å². The van der Waals surface area contributed by atoms with Crippen molar-refractivity contribution >= 4 is 23.4 Å². The molecule has 4 nitrogen and oxygen atoms in total. The number of aryl methyl sites for hydroxylation is 2. The largest absolute Gasteiger partial charge is 0.618 e. The normalized spacial score (nSPS) is 11.8. The minimum atomic E-state index is -0.529. The molecule has 0 saturated heterocycles. The summed E-state index contributed by atoms with van der Waals surface area (Å²) < 4.78 is 0.784. The first-order valence-electron chi connectivity index (χ1n) is 8.32. The summed E-state index contributed by atoms with van der Waals surface area (Å²) in [5.74, 6) is -0.154. The highest BCUT2D eigenvalue weighted by Gasteiger charge is 2.25. The Balaban J connectivity index is 1.91. The maximum atomic E-state index is 13.0. The van der Waals surface area contributed by atoms with Crippen LogP contribution in [0.25, 0.3) is 0 Å². The van der Waals surface area contributed by atoms with Crippen LogP contribution in [-0.2, 0) is 4.79 Å². The highest BCUT2D eigenvalue weighted by atomic mass is 32.2. The maximum absolute atomic E-state index is 13.0. The lowest BCUT2D eigenvalue weighted by molar-refractivity contribution is -0.645. The van der Waals surface area contributed by atoms with Gasteiger partial charge in [0, 0.05) is 17.8 Å². The van der Waals surface area contributed by atoms with Crippen LogP contribution in [0.15, 0.2) is 78.0 Å². The number of rotatable bonds is 5. The second-order valence-corrected chi connectivity index (χ2v) is 7.21. The molecule has 0 spiro atoms. The fourth-order valence-corrected chi connectivity index (χ4v) is 3.62. The number of hydrogen-bond acceptors (Lipinski definition) is 3. The number of amides is 1. The molecule has 1 atom stereocenters. The van der Waals surface area contributed by atoms with Crippen LogP contribution in [0.1, 0.15) is 21.9 Å². The highest BCUT2D eigenvalue weighted by Crippen LogP contribution is 2.34. The van der Waals surface area contributed by atoms with E-state index in [9.17, 15) is 10.0 Å². The molecule has 0 aliphatic carbocycles. The van der Waals surface area contributed by atoms with Gasteiger partial charge in [-0.15, -0.1) is 0 Å². The molecule has 1 amide bonds. The van der Waals surface area contributed by atoms with Crippen LogP contribution in [0.3, 0.4) is 0 Å². The molecule has 5 heteroatoms. The minimum absolute atomic E-state index is 0.154. The molecule has 1 N–H and O–H groups in total. The monoisotopic (exact) mass is 364 g/mol. The molecule has 0 bridgehead atoms. The molecule has 26 heavy (non-hydrogen) atoms. The average Bonchev–Trinajstić information content (AvgIpc) is 2.64. The van der Waals surface area contributed by atoms with Gasteiger partial charge in [0.25, 0.3) is 5.03 Å². The zero-order valence-corrected chi connectivity index (χ0v) is 15.5. The average molecular weight is 364 g/mol. The van der Waals surface area contributed by atoms with Crippen LogP contribution in [-0.4, -0.2) is 5.91 Å². The number of thioether (sulfide) groups is 1. The molecule has 1 aromatic heterocycles. The quantitative estimate of drug-likeness (QED) is 0.414. The van der Waals surface area contributed by atoms with Gasteiger partial charge < -0.3 is 10.5 Å². The summed E-state index contributed by atoms with van der Waals surface area (Å²) in [4.78, 5) is 13.0. The van der Waals surface area contributed by atoms with E-state index in [-0.39, 0.29) is 5.91 Å². The zero-order chi connectivity index (χ0) is 18.5. The Morgan fingerprint density at radius 3 is 2.50 bits per heavy atom. The number of nitrogens with zero attached hydrogens (tertiary/aromatic N) is 1. The lowest BCUT2D eigenvalue weighted by atomic mass is 10.1. The van der Waals surface area contributed by atoms with Gasteiger partial charge in [-0.05, 0) is 54.4 Å². The Hall–Kier alpha value is -2.79. The van der Waals surface area contributed by atoms with Crippen LogP contribution in [0, 0.1) is 19.1 Å². The topological polar surface area (TPSA) is 56.0 Å². The third kappa shape index (κ3) is 4.24. The van der Waals surface area contributed by atoms with Gasteiger partial charge in [0.15, 0.2) is 6.20 Å². The predicted octanol–water partition coefficient (Wildman–Crippen LogP) is 4.41. The van der Waals surface area contributed by atoms with Crippen molar-refractivity contribution in [2.24, 2.45) is 0 Å². The van der Waals surface area contributed by atoms with E-state index in [0.29, 0.717) is 5.03 Å². The Labute approximate surface area is 157 Å². The molecule has 3 aromatic rings. The summed E-state index contributed by atoms with van der Waals surface area (Å²) in [6, 6.07) is 20.6. The van der Waals surface area contributed by atoms with E-state index in [2.05, 4.69) is 5.32 Å². The third-order valence-electron chi connectivity index (χ3n) is 4.02. The molecule has 0 aliphatic heterocycles. The number of benzene rings is 2. The van der Waals surface area contributed by atoms with E-state index in [1.54, 1.807) is 18.2 Å². The number of hydrogen-bond donors (Lipinski definition) is 1. The smallest absolute Gasteiger partial charge is 0.252 e. The van der Waals surface area contributed by atoms with Crippen molar-refractivity contribution in [2.45, 2.75) is 24.1 Å². The predicted molar refractivity (Wildman–Crippen MR) is 105 cm³/mol. The molecule has 1 heterocycles. The summed E-state index contributed by atoms with van der Waals surface area (Å²) in [6.07, 6.45) is 1.44. The van der Waals surface area contributed by atoms with Crippen molar-refractivity contribution in [1.29, 1.82) is 0 Å². The van der Waals surface area contributed by atoms with E-state index in [1.165, 1.54) is 18.0 Å². The Kier molecular flexibility index (Phi) is 5.58. The number of aromatic nitrogens is 1. The molecule has 0 unspecified atom stereocenters. The minimum Gasteiger partial charge on any atom is -0.618 e. The first-order valence-corrected chi connectivity index (χ1v) is 9.20. The van der Waals surface area contributed by atoms with Gasteiger partial charge >= 0.3 is 0 Å². The summed E-state index contributed by atoms with van der Waals surface area (Å²) in [7, 11) is 0. The van der Waals surface area contributed by atoms with Crippen molar-refractivity contribution in [3.8, 4) is 0 Å². The molecule has 132 valence electrons. The van der Waals surface area contributed by atoms with Gasteiger partial charge in [-0.1, -0.05) is 42.5 Å². The molecule has 2 aromatic carbocycles. The van der Waals surface area contributed by atoms with Crippen LogP contribution in [0.2, 0.25) is 0 Å². The van der Waals surface area contributed by atoms with Crippen LogP contribution < -0.4 is 10.0 Å². The van der Waals surface area contributed by atoms with Gasteiger partial charge in [0.05, 0.1) is 0 Å². The highest BCUT2D eigenvalue weighted by molar-refractivity contribution is 8.00. The number of pyridine rings is 1. The first kappa shape index (κ1) is 18.0. The van der Waals surface area contributed by atoms with Gasteiger partial charge in [-0.25, -0.2) is 0 Å². The molecular weight excluding hydrogens is 344 g/mol. The summed E-state index contributed by atoms with van der Waals surface area (Å²) in [5, 5.41) is 15.0. The lowest BCUT2D eigenvalue weighted by Crippen LogP contribution is -2.29. The molecule has 0 saturated carbocycles. The van der Waals surface area contributed by atoms with E-state index in [4.69, 9.17) is 0 Å². The molecule has 0 aliphatic rings. The standard InChI is InChI=1S/C21H20N2O2S/c1-15-11-12-16(2)18(14-15)22-21(24)20(17-8-4-3-5-9-17)26-19-10-6-7-13-23(19)25/h3-14,20H,1-2H3,(H,22,24)/t20-/m0/s1. The second-order valence-electron chi connectivity index (χ2n) is 6.08. The molecular formula is C21H20N2O2S. The number of anilines is 1. The second kappa shape index (κ2) is 8.06. The first-order chi connectivity index (χ1) is 12.5. The van der Waals surface area contributed by atoms with E-state index in [0.717, 1.165) is 27.1 Å². The molecule has 3 rings (SSSR count). The maximum Gasteiger partial charge on any atom is 0.252 e. The summed E-state index contributed by atoms with van der Waals surface area (Å²) in [5.41, 5.74) is 3.72. The summed E-state index contributed by atoms with van der Waals surface area (Å²) >= 11 is 1.24. The Bertz CT molecular complexity index is 913. The van der Waals surface area contributed by atoms with Gasteiger partial charge in [0.1, 0.15) is 5.25 Å². The third-order valence-corrected chi connectivity index (χ3v) is 5.30. The van der Waals surface area contributed by atoms with Crippen molar-refractivity contribution in [3.05, 3.63) is 94.8 Å². The summed E-state index contributed by atoms with van der Waals surface area (Å²) in [6.45, 7) is 3.95. The number of nitrogens with one attached hydrogen (secondary N) is 1. The van der Waals surface area contributed by atoms with Crippen molar-refractivity contribution in [1.82, 2.24) is 0 Å². The fourth-order valence-electron chi connectivity index (χ4n) is 2.59. The lowest BCUT2D eigenvalue weighted by Gasteiger charge is -2.17. The van der Waals surface area contributed by atoms with E-state index < -0.39 is 5.25 Å². The number of carbonyl (C=O) groups is 1. The number of carbonyl (C=O) groups excluding carboxylic acids is 1. The van der Waals surface area contributed by atoms with Crippen molar-refractivity contribution < 1.29 is 9.52 Å². The van der Waals surface area contributed by atoms with Gasteiger partial charge in [-0.3, -0.25) is 4.79 Å². The Morgan fingerprint density at radius 2 is 1.77 bits per heavy atom.